The van der Waals surface area contributed by atoms with E-state index in [0.717, 1.165) is 11.3 Å². The number of hydrogen-bond donors (Lipinski definition) is 0. The summed E-state index contributed by atoms with van der Waals surface area (Å²) < 4.78 is 11.1. The lowest BCUT2D eigenvalue weighted by molar-refractivity contribution is -0.125. The van der Waals surface area contributed by atoms with Crippen LogP contribution < -0.4 is 9.47 Å². The average molecular weight is 378 g/mol. The van der Waals surface area contributed by atoms with Crippen LogP contribution in [0.5, 0.6) is 11.5 Å². The van der Waals surface area contributed by atoms with E-state index < -0.39 is 0 Å². The summed E-state index contributed by atoms with van der Waals surface area (Å²) in [4.78, 5) is 13.9. The molecule has 0 spiro atoms. The molecule has 1 aliphatic heterocycles. The van der Waals surface area contributed by atoms with Gasteiger partial charge in [-0.25, -0.2) is 0 Å². The van der Waals surface area contributed by atoms with Crippen molar-refractivity contribution >= 4 is 35.2 Å². The quantitative estimate of drug-likeness (QED) is 0.739. The molecule has 0 fully saturated rings. The van der Waals surface area contributed by atoms with Crippen LogP contribution in [-0.4, -0.2) is 31.1 Å². The maximum Gasteiger partial charge on any atom is 0.246 e. The zero-order valence-corrected chi connectivity index (χ0v) is 15.2. The molecule has 25 heavy (non-hydrogen) atoms. The van der Waals surface area contributed by atoms with Gasteiger partial charge < -0.3 is 14.4 Å². The van der Waals surface area contributed by atoms with Crippen molar-refractivity contribution in [2.45, 2.75) is 6.54 Å². The van der Waals surface area contributed by atoms with E-state index in [1.807, 2.05) is 18.2 Å². The summed E-state index contributed by atoms with van der Waals surface area (Å²) in [5.41, 5.74) is 1.67. The largest absolute Gasteiger partial charge is 0.486 e. The van der Waals surface area contributed by atoms with Gasteiger partial charge in [0, 0.05) is 19.7 Å². The number of likely N-dealkylation sites (N-methyl/N-ethyl adjacent to an activating group) is 1. The minimum Gasteiger partial charge on any atom is -0.486 e. The Balaban J connectivity index is 1.66. The average Bonchev–Trinajstić information content (AvgIpc) is 2.62. The number of nitrogens with zero attached hydrogens (tertiary/aromatic N) is 1. The highest BCUT2D eigenvalue weighted by atomic mass is 35.5. The Kier molecular flexibility index (Phi) is 5.51. The van der Waals surface area contributed by atoms with Crippen molar-refractivity contribution in [2.24, 2.45) is 0 Å². The minimum absolute atomic E-state index is 0.133. The van der Waals surface area contributed by atoms with E-state index in [9.17, 15) is 4.79 Å². The first-order valence-electron chi connectivity index (χ1n) is 7.80. The first-order chi connectivity index (χ1) is 12.0. The third-order valence-electron chi connectivity index (χ3n) is 3.79. The van der Waals surface area contributed by atoms with Crippen molar-refractivity contribution in [3.63, 3.8) is 0 Å². The summed E-state index contributed by atoms with van der Waals surface area (Å²) in [6.07, 6.45) is 3.15. The van der Waals surface area contributed by atoms with E-state index in [-0.39, 0.29) is 5.91 Å². The molecule has 0 saturated heterocycles. The number of halogens is 2. The van der Waals surface area contributed by atoms with Gasteiger partial charge in [-0.3, -0.25) is 4.79 Å². The van der Waals surface area contributed by atoms with Gasteiger partial charge in [-0.05, 0) is 35.4 Å². The lowest BCUT2D eigenvalue weighted by Crippen LogP contribution is -2.24. The van der Waals surface area contributed by atoms with Crippen molar-refractivity contribution in [1.29, 1.82) is 0 Å². The van der Waals surface area contributed by atoms with Crippen molar-refractivity contribution in [2.75, 3.05) is 20.3 Å². The molecule has 6 heteroatoms. The van der Waals surface area contributed by atoms with Crippen molar-refractivity contribution in [1.82, 2.24) is 4.90 Å². The number of rotatable bonds is 4. The maximum absolute atomic E-state index is 12.3. The van der Waals surface area contributed by atoms with Gasteiger partial charge in [-0.15, -0.1) is 0 Å². The van der Waals surface area contributed by atoms with Gasteiger partial charge in [0.1, 0.15) is 13.2 Å². The van der Waals surface area contributed by atoms with E-state index in [0.29, 0.717) is 41.1 Å². The van der Waals surface area contributed by atoms with E-state index in [4.69, 9.17) is 32.7 Å². The summed E-state index contributed by atoms with van der Waals surface area (Å²) >= 11 is 12.1. The van der Waals surface area contributed by atoms with Crippen molar-refractivity contribution in [3.8, 4) is 11.5 Å². The zero-order chi connectivity index (χ0) is 17.8. The molecule has 0 aromatic heterocycles. The van der Waals surface area contributed by atoms with Gasteiger partial charge in [-0.2, -0.15) is 0 Å². The topological polar surface area (TPSA) is 38.8 Å². The number of amides is 1. The van der Waals surface area contributed by atoms with Crippen molar-refractivity contribution in [3.05, 3.63) is 63.6 Å². The molecule has 130 valence electrons. The van der Waals surface area contributed by atoms with Crippen LogP contribution >= 0.6 is 23.2 Å². The zero-order valence-electron chi connectivity index (χ0n) is 13.7. The van der Waals surface area contributed by atoms with Crippen molar-refractivity contribution < 1.29 is 14.3 Å². The lowest BCUT2D eigenvalue weighted by Gasteiger charge is -2.20. The lowest BCUT2D eigenvalue weighted by atomic mass is 10.1. The number of carbonyl (C=O) groups is 1. The number of benzene rings is 2. The smallest absolute Gasteiger partial charge is 0.246 e. The maximum atomic E-state index is 12.3. The minimum atomic E-state index is -0.133. The summed E-state index contributed by atoms with van der Waals surface area (Å²) in [7, 11) is 1.74. The van der Waals surface area contributed by atoms with E-state index in [1.54, 1.807) is 36.2 Å². The Bertz CT molecular complexity index is 820. The first kappa shape index (κ1) is 17.6. The van der Waals surface area contributed by atoms with Crippen LogP contribution in [0.1, 0.15) is 11.1 Å². The Hall–Kier alpha value is -2.17. The number of fused-ring (bicyclic) bond motifs is 1. The SMILES string of the molecule is CN(Cc1ccc2c(c1)OCCO2)C(=O)/C=C/c1cccc(Cl)c1Cl. The highest BCUT2D eigenvalue weighted by Gasteiger charge is 2.13. The Labute approximate surface area is 156 Å². The summed E-state index contributed by atoms with van der Waals surface area (Å²) in [6, 6.07) is 11.0. The molecule has 1 amide bonds. The van der Waals surface area contributed by atoms with Crippen LogP contribution in [0.3, 0.4) is 0 Å². The molecular formula is C19H17Cl2NO3. The fourth-order valence-corrected chi connectivity index (χ4v) is 2.85. The number of carbonyl (C=O) groups excluding carboxylic acids is 1. The molecule has 0 unspecified atom stereocenters. The second kappa shape index (κ2) is 7.81. The molecule has 0 bridgehead atoms. The molecule has 2 aromatic rings. The fourth-order valence-electron chi connectivity index (χ4n) is 2.48. The fraction of sp³-hybridized carbons (Fsp3) is 0.211. The highest BCUT2D eigenvalue weighted by molar-refractivity contribution is 6.42. The first-order valence-corrected chi connectivity index (χ1v) is 8.56. The monoisotopic (exact) mass is 377 g/mol. The molecule has 0 radical (unpaired) electrons. The molecule has 2 aromatic carbocycles. The second-order valence-electron chi connectivity index (χ2n) is 5.65. The van der Waals surface area contributed by atoms with Crippen LogP contribution in [-0.2, 0) is 11.3 Å². The third kappa shape index (κ3) is 4.27. The predicted octanol–water partition coefficient (Wildman–Crippen LogP) is 4.44. The van der Waals surface area contributed by atoms with Crippen LogP contribution in [0.4, 0.5) is 0 Å². The molecule has 1 heterocycles. The molecule has 3 rings (SSSR count). The van der Waals surface area contributed by atoms with Crippen LogP contribution in [0.2, 0.25) is 10.0 Å². The van der Waals surface area contributed by atoms with Gasteiger partial charge in [0.05, 0.1) is 10.0 Å². The normalized spacial score (nSPS) is 13.1. The molecule has 0 saturated carbocycles. The van der Waals surface area contributed by atoms with Gasteiger partial charge in [0.25, 0.3) is 0 Å². The van der Waals surface area contributed by atoms with Crippen LogP contribution in [0, 0.1) is 0 Å². The molecule has 0 aliphatic carbocycles. The number of ether oxygens (including phenoxy) is 2. The number of hydrogen-bond acceptors (Lipinski definition) is 3. The molecule has 0 N–H and O–H groups in total. The summed E-state index contributed by atoms with van der Waals surface area (Å²) in [5.74, 6) is 1.32. The van der Waals surface area contributed by atoms with Gasteiger partial charge in [0.15, 0.2) is 11.5 Å². The summed E-state index contributed by atoms with van der Waals surface area (Å²) in [5, 5.41) is 0.892. The summed E-state index contributed by atoms with van der Waals surface area (Å²) in [6.45, 7) is 1.55. The van der Waals surface area contributed by atoms with Gasteiger partial charge in [0.2, 0.25) is 5.91 Å². The Morgan fingerprint density at radius 1 is 1.16 bits per heavy atom. The highest BCUT2D eigenvalue weighted by Crippen LogP contribution is 2.31. The molecule has 4 nitrogen and oxygen atoms in total. The standard InChI is InChI=1S/C19H17Cl2NO3/c1-22(12-13-5-7-16-17(11-13)25-10-9-24-16)18(23)8-6-14-3-2-4-15(20)19(14)21/h2-8,11H,9-10,12H2,1H3/b8-6+. The molecule has 0 atom stereocenters. The van der Waals surface area contributed by atoms with Gasteiger partial charge >= 0.3 is 0 Å². The Morgan fingerprint density at radius 2 is 1.92 bits per heavy atom. The van der Waals surface area contributed by atoms with Crippen LogP contribution in [0.15, 0.2) is 42.5 Å². The molecular weight excluding hydrogens is 361 g/mol. The van der Waals surface area contributed by atoms with Crippen LogP contribution in [0.25, 0.3) is 6.08 Å². The third-order valence-corrected chi connectivity index (χ3v) is 4.62. The molecule has 1 aliphatic rings. The van der Waals surface area contributed by atoms with E-state index in [1.165, 1.54) is 6.08 Å². The predicted molar refractivity (Wildman–Crippen MR) is 99.4 cm³/mol. The Morgan fingerprint density at radius 3 is 2.72 bits per heavy atom. The van der Waals surface area contributed by atoms with E-state index in [2.05, 4.69) is 0 Å². The van der Waals surface area contributed by atoms with Gasteiger partial charge in [-0.1, -0.05) is 41.4 Å². The second-order valence-corrected chi connectivity index (χ2v) is 6.43. The van der Waals surface area contributed by atoms with E-state index >= 15 is 0 Å².